The molecule has 1 aliphatic heterocycles. The van der Waals surface area contributed by atoms with Crippen molar-refractivity contribution in [2.75, 3.05) is 56.7 Å². The second kappa shape index (κ2) is 10.6. The van der Waals surface area contributed by atoms with E-state index in [1.165, 1.54) is 11.3 Å². The van der Waals surface area contributed by atoms with E-state index in [1.807, 2.05) is 36.4 Å². The average Bonchev–Trinajstić information content (AvgIpc) is 2.75. The Bertz CT molecular complexity index is 743. The highest BCUT2D eigenvalue weighted by Crippen LogP contribution is 2.26. The SMILES string of the molecule is COc1ccc(CCNC(=O)CCNc2ccccc2N2CCOCC2)cc1. The van der Waals surface area contributed by atoms with Crippen LogP contribution in [0, 0.1) is 0 Å². The van der Waals surface area contributed by atoms with Crippen LogP contribution < -0.4 is 20.3 Å². The third-order valence-electron chi connectivity index (χ3n) is 4.82. The summed E-state index contributed by atoms with van der Waals surface area (Å²) >= 11 is 0. The topological polar surface area (TPSA) is 62.8 Å². The monoisotopic (exact) mass is 383 g/mol. The number of methoxy groups -OCH3 is 1. The van der Waals surface area contributed by atoms with E-state index in [0.29, 0.717) is 19.5 Å². The fourth-order valence-electron chi connectivity index (χ4n) is 3.24. The van der Waals surface area contributed by atoms with E-state index < -0.39 is 0 Å². The number of nitrogens with zero attached hydrogens (tertiary/aromatic N) is 1. The molecule has 6 heteroatoms. The summed E-state index contributed by atoms with van der Waals surface area (Å²) in [6, 6.07) is 16.2. The molecule has 2 aromatic carbocycles. The first-order valence-corrected chi connectivity index (χ1v) is 9.81. The fourth-order valence-corrected chi connectivity index (χ4v) is 3.24. The van der Waals surface area contributed by atoms with Gasteiger partial charge in [-0.1, -0.05) is 24.3 Å². The number of hydrogen-bond acceptors (Lipinski definition) is 5. The van der Waals surface area contributed by atoms with Crippen molar-refractivity contribution < 1.29 is 14.3 Å². The maximum Gasteiger partial charge on any atom is 0.221 e. The number of ether oxygens (including phenoxy) is 2. The summed E-state index contributed by atoms with van der Waals surface area (Å²) in [5.41, 5.74) is 3.42. The first kappa shape index (κ1) is 20.0. The molecule has 0 saturated carbocycles. The number of anilines is 2. The molecule has 1 fully saturated rings. The predicted molar refractivity (Wildman–Crippen MR) is 112 cm³/mol. The van der Waals surface area contributed by atoms with E-state index in [2.05, 4.69) is 27.7 Å². The zero-order chi connectivity index (χ0) is 19.6. The number of amides is 1. The van der Waals surface area contributed by atoms with Crippen molar-refractivity contribution in [3.8, 4) is 5.75 Å². The second-order valence-electron chi connectivity index (χ2n) is 6.74. The molecule has 0 aromatic heterocycles. The molecule has 0 atom stereocenters. The summed E-state index contributed by atoms with van der Waals surface area (Å²) < 4.78 is 10.6. The molecule has 3 rings (SSSR count). The Labute approximate surface area is 166 Å². The van der Waals surface area contributed by atoms with Crippen LogP contribution in [0.4, 0.5) is 11.4 Å². The van der Waals surface area contributed by atoms with Crippen LogP contribution in [-0.4, -0.2) is 52.4 Å². The average molecular weight is 383 g/mol. The molecule has 2 N–H and O–H groups in total. The van der Waals surface area contributed by atoms with Crippen molar-refractivity contribution in [3.63, 3.8) is 0 Å². The summed E-state index contributed by atoms with van der Waals surface area (Å²) in [7, 11) is 1.66. The van der Waals surface area contributed by atoms with E-state index >= 15 is 0 Å². The van der Waals surface area contributed by atoms with Crippen LogP contribution in [0.5, 0.6) is 5.75 Å². The molecule has 0 bridgehead atoms. The normalized spacial score (nSPS) is 13.8. The van der Waals surface area contributed by atoms with Gasteiger partial charge in [0.2, 0.25) is 5.91 Å². The third kappa shape index (κ3) is 5.89. The van der Waals surface area contributed by atoms with Crippen LogP contribution in [0.2, 0.25) is 0 Å². The van der Waals surface area contributed by atoms with Gasteiger partial charge in [0.15, 0.2) is 0 Å². The van der Waals surface area contributed by atoms with Gasteiger partial charge in [-0.25, -0.2) is 0 Å². The predicted octanol–water partition coefficient (Wildman–Crippen LogP) is 2.69. The zero-order valence-corrected chi connectivity index (χ0v) is 16.4. The minimum atomic E-state index is 0.0601. The van der Waals surface area contributed by atoms with Crippen LogP contribution in [0.15, 0.2) is 48.5 Å². The lowest BCUT2D eigenvalue weighted by Gasteiger charge is -2.30. The van der Waals surface area contributed by atoms with Gasteiger partial charge in [0, 0.05) is 32.6 Å². The molecule has 1 heterocycles. The van der Waals surface area contributed by atoms with Gasteiger partial charge >= 0.3 is 0 Å². The van der Waals surface area contributed by atoms with Crippen LogP contribution >= 0.6 is 0 Å². The highest BCUT2D eigenvalue weighted by molar-refractivity contribution is 5.77. The lowest BCUT2D eigenvalue weighted by molar-refractivity contribution is -0.120. The molecule has 0 unspecified atom stereocenters. The number of para-hydroxylation sites is 2. The lowest BCUT2D eigenvalue weighted by atomic mass is 10.1. The molecular weight excluding hydrogens is 354 g/mol. The van der Waals surface area contributed by atoms with E-state index in [1.54, 1.807) is 7.11 Å². The molecule has 0 aliphatic carbocycles. The van der Waals surface area contributed by atoms with Gasteiger partial charge in [0.25, 0.3) is 0 Å². The van der Waals surface area contributed by atoms with E-state index in [9.17, 15) is 4.79 Å². The van der Waals surface area contributed by atoms with Gasteiger partial charge in [0.05, 0.1) is 31.7 Å². The van der Waals surface area contributed by atoms with E-state index in [4.69, 9.17) is 9.47 Å². The molecule has 0 spiro atoms. The van der Waals surface area contributed by atoms with Gasteiger partial charge < -0.3 is 25.0 Å². The second-order valence-corrected chi connectivity index (χ2v) is 6.74. The first-order valence-electron chi connectivity index (χ1n) is 9.81. The smallest absolute Gasteiger partial charge is 0.221 e. The Balaban J connectivity index is 1.39. The Morgan fingerprint density at radius 2 is 1.82 bits per heavy atom. The number of hydrogen-bond donors (Lipinski definition) is 2. The first-order chi connectivity index (χ1) is 13.8. The minimum absolute atomic E-state index is 0.0601. The van der Waals surface area contributed by atoms with Crippen LogP contribution in [0.3, 0.4) is 0 Å². The Morgan fingerprint density at radius 1 is 1.07 bits per heavy atom. The largest absolute Gasteiger partial charge is 0.497 e. The number of nitrogens with one attached hydrogen (secondary N) is 2. The quantitative estimate of drug-likeness (QED) is 0.697. The van der Waals surface area contributed by atoms with Crippen molar-refractivity contribution in [2.24, 2.45) is 0 Å². The zero-order valence-electron chi connectivity index (χ0n) is 16.4. The van der Waals surface area contributed by atoms with Crippen molar-refractivity contribution in [3.05, 3.63) is 54.1 Å². The molecule has 1 amide bonds. The van der Waals surface area contributed by atoms with Crippen molar-refractivity contribution in [2.45, 2.75) is 12.8 Å². The molecule has 0 radical (unpaired) electrons. The number of rotatable bonds is 9. The summed E-state index contributed by atoms with van der Waals surface area (Å²) in [5, 5.41) is 6.39. The van der Waals surface area contributed by atoms with Crippen LogP contribution in [0.1, 0.15) is 12.0 Å². The maximum atomic E-state index is 12.1. The Morgan fingerprint density at radius 3 is 2.57 bits per heavy atom. The molecule has 28 heavy (non-hydrogen) atoms. The van der Waals surface area contributed by atoms with Crippen molar-refractivity contribution in [1.82, 2.24) is 5.32 Å². The highest BCUT2D eigenvalue weighted by Gasteiger charge is 2.14. The summed E-state index contributed by atoms with van der Waals surface area (Å²) in [6.07, 6.45) is 1.25. The van der Waals surface area contributed by atoms with E-state index in [-0.39, 0.29) is 5.91 Å². The number of morpholine rings is 1. The Kier molecular flexibility index (Phi) is 7.55. The van der Waals surface area contributed by atoms with Gasteiger partial charge in [-0.05, 0) is 36.2 Å². The molecule has 6 nitrogen and oxygen atoms in total. The minimum Gasteiger partial charge on any atom is -0.497 e. The number of benzene rings is 2. The third-order valence-corrected chi connectivity index (χ3v) is 4.82. The van der Waals surface area contributed by atoms with Crippen LogP contribution in [0.25, 0.3) is 0 Å². The van der Waals surface area contributed by atoms with Crippen LogP contribution in [-0.2, 0) is 16.0 Å². The Hall–Kier alpha value is -2.73. The van der Waals surface area contributed by atoms with E-state index in [0.717, 1.165) is 44.2 Å². The summed E-state index contributed by atoms with van der Waals surface area (Å²) in [6.45, 7) is 4.54. The molecule has 1 aliphatic rings. The number of carbonyl (C=O) groups is 1. The van der Waals surface area contributed by atoms with Crippen molar-refractivity contribution >= 4 is 17.3 Å². The summed E-state index contributed by atoms with van der Waals surface area (Å²) in [4.78, 5) is 14.4. The van der Waals surface area contributed by atoms with Gasteiger partial charge in [-0.3, -0.25) is 4.79 Å². The lowest BCUT2D eigenvalue weighted by Crippen LogP contribution is -2.36. The van der Waals surface area contributed by atoms with Gasteiger partial charge in [-0.15, -0.1) is 0 Å². The standard InChI is InChI=1S/C22H29N3O3/c1-27-19-8-6-18(7-9-19)10-12-24-22(26)11-13-23-20-4-2-3-5-21(20)25-14-16-28-17-15-25/h2-9,23H,10-17H2,1H3,(H,24,26). The molecule has 2 aromatic rings. The number of carbonyl (C=O) groups excluding carboxylic acids is 1. The van der Waals surface area contributed by atoms with Gasteiger partial charge in [-0.2, -0.15) is 0 Å². The molecule has 1 saturated heterocycles. The van der Waals surface area contributed by atoms with Gasteiger partial charge in [0.1, 0.15) is 5.75 Å². The molecular formula is C22H29N3O3. The fraction of sp³-hybridized carbons (Fsp3) is 0.409. The maximum absolute atomic E-state index is 12.1. The highest BCUT2D eigenvalue weighted by atomic mass is 16.5. The molecule has 150 valence electrons. The van der Waals surface area contributed by atoms with Crippen molar-refractivity contribution in [1.29, 1.82) is 0 Å². The summed E-state index contributed by atoms with van der Waals surface area (Å²) in [5.74, 6) is 0.904.